The van der Waals surface area contributed by atoms with Crippen molar-refractivity contribution in [1.29, 1.82) is 0 Å². The highest BCUT2D eigenvalue weighted by Gasteiger charge is 2.17. The normalized spacial score (nSPS) is 10.4. The first-order valence-corrected chi connectivity index (χ1v) is 8.71. The third kappa shape index (κ3) is 5.59. The largest absolute Gasteiger partial charge is 0.496 e. The van der Waals surface area contributed by atoms with E-state index >= 15 is 0 Å². The Bertz CT molecular complexity index is 831. The fourth-order valence-electron chi connectivity index (χ4n) is 2.52. The molecule has 0 fully saturated rings. The molecule has 0 radical (unpaired) electrons. The number of halogens is 1. The average molecular weight is 393 g/mol. The predicted molar refractivity (Wildman–Crippen MR) is 104 cm³/mol. The number of amides is 1. The van der Waals surface area contributed by atoms with Gasteiger partial charge in [0.2, 0.25) is 5.91 Å². The van der Waals surface area contributed by atoms with Crippen molar-refractivity contribution < 1.29 is 19.2 Å². The van der Waals surface area contributed by atoms with Gasteiger partial charge in [0.1, 0.15) is 17.2 Å². The van der Waals surface area contributed by atoms with Crippen LogP contribution >= 0.6 is 11.6 Å². The first kappa shape index (κ1) is 20.5. The molecule has 2 aromatic rings. The van der Waals surface area contributed by atoms with E-state index in [1.54, 1.807) is 6.07 Å². The first-order valence-electron chi connectivity index (χ1n) is 8.33. The minimum Gasteiger partial charge on any atom is -0.496 e. The van der Waals surface area contributed by atoms with Crippen LogP contribution in [-0.4, -0.2) is 24.5 Å². The summed E-state index contributed by atoms with van der Waals surface area (Å²) >= 11 is 6.12. The number of rotatable bonds is 8. The molecule has 0 saturated carbocycles. The standard InChI is InChI=1S/C19H21ClN2O5/c1-12-9-15(10-13(2)19(12)20)27-8-4-5-18(23)21-16-7-6-14(26-3)11-17(16)22(24)25/h6-7,9-11H,4-5,8H2,1-3H3,(H,21,23). The number of ether oxygens (including phenoxy) is 2. The summed E-state index contributed by atoms with van der Waals surface area (Å²) in [6.45, 7) is 4.15. The van der Waals surface area contributed by atoms with Crippen molar-refractivity contribution >= 4 is 28.9 Å². The zero-order valence-electron chi connectivity index (χ0n) is 15.4. The van der Waals surface area contributed by atoms with Crippen LogP contribution in [0.5, 0.6) is 11.5 Å². The molecule has 1 N–H and O–H groups in total. The van der Waals surface area contributed by atoms with Gasteiger partial charge in [0, 0.05) is 11.4 Å². The molecule has 0 bridgehead atoms. The van der Waals surface area contributed by atoms with Gasteiger partial charge >= 0.3 is 0 Å². The minimum absolute atomic E-state index is 0.135. The van der Waals surface area contributed by atoms with E-state index in [0.717, 1.165) is 11.1 Å². The van der Waals surface area contributed by atoms with E-state index in [1.165, 1.54) is 19.2 Å². The second-order valence-electron chi connectivity index (χ2n) is 6.01. The number of hydrogen-bond acceptors (Lipinski definition) is 5. The molecule has 27 heavy (non-hydrogen) atoms. The summed E-state index contributed by atoms with van der Waals surface area (Å²) in [5.74, 6) is 0.720. The second kappa shape index (κ2) is 9.23. The van der Waals surface area contributed by atoms with Crippen LogP contribution in [0.15, 0.2) is 30.3 Å². The number of aryl methyl sites for hydroxylation is 2. The topological polar surface area (TPSA) is 90.7 Å². The molecule has 0 saturated heterocycles. The third-order valence-electron chi connectivity index (χ3n) is 3.90. The molecule has 8 heteroatoms. The highest BCUT2D eigenvalue weighted by molar-refractivity contribution is 6.32. The molecule has 0 aliphatic carbocycles. The smallest absolute Gasteiger partial charge is 0.296 e. The lowest BCUT2D eigenvalue weighted by atomic mass is 10.1. The Labute approximate surface area is 162 Å². The van der Waals surface area contributed by atoms with Crippen molar-refractivity contribution in [2.75, 3.05) is 19.0 Å². The Morgan fingerprint density at radius 1 is 1.19 bits per heavy atom. The number of hydrogen-bond donors (Lipinski definition) is 1. The van der Waals surface area contributed by atoms with Gasteiger partial charge in [-0.25, -0.2) is 0 Å². The van der Waals surface area contributed by atoms with Crippen molar-refractivity contribution in [2.24, 2.45) is 0 Å². The van der Waals surface area contributed by atoms with Crippen molar-refractivity contribution in [1.82, 2.24) is 0 Å². The Kier molecular flexibility index (Phi) is 7.01. The van der Waals surface area contributed by atoms with Crippen molar-refractivity contribution in [3.63, 3.8) is 0 Å². The molecular weight excluding hydrogens is 372 g/mol. The van der Waals surface area contributed by atoms with E-state index in [-0.39, 0.29) is 23.7 Å². The number of nitrogens with one attached hydrogen (secondary N) is 1. The molecule has 7 nitrogen and oxygen atoms in total. The van der Waals surface area contributed by atoms with Gasteiger partial charge in [-0.1, -0.05) is 11.6 Å². The number of nitro groups is 1. The molecule has 0 aliphatic rings. The molecule has 0 heterocycles. The molecule has 2 aromatic carbocycles. The zero-order chi connectivity index (χ0) is 20.0. The fourth-order valence-corrected chi connectivity index (χ4v) is 2.63. The predicted octanol–water partition coefficient (Wildman–Crippen LogP) is 4.67. The van der Waals surface area contributed by atoms with Crippen LogP contribution in [0.1, 0.15) is 24.0 Å². The lowest BCUT2D eigenvalue weighted by Gasteiger charge is -2.10. The van der Waals surface area contributed by atoms with E-state index in [0.29, 0.717) is 29.5 Å². The Morgan fingerprint density at radius 2 is 1.85 bits per heavy atom. The Balaban J connectivity index is 1.87. The monoisotopic (exact) mass is 392 g/mol. The molecule has 0 spiro atoms. The SMILES string of the molecule is COc1ccc(NC(=O)CCCOc2cc(C)c(Cl)c(C)c2)c([N+](=O)[O-])c1. The number of methoxy groups -OCH3 is 1. The number of benzene rings is 2. The quantitative estimate of drug-likeness (QED) is 0.400. The van der Waals surface area contributed by atoms with Gasteiger partial charge in [0.15, 0.2) is 0 Å². The van der Waals surface area contributed by atoms with Crippen LogP contribution in [0.4, 0.5) is 11.4 Å². The van der Waals surface area contributed by atoms with Crippen LogP contribution < -0.4 is 14.8 Å². The van der Waals surface area contributed by atoms with Gasteiger partial charge in [0.05, 0.1) is 24.7 Å². The van der Waals surface area contributed by atoms with Gasteiger partial charge in [-0.2, -0.15) is 0 Å². The maximum atomic E-state index is 12.1. The van der Waals surface area contributed by atoms with E-state index in [9.17, 15) is 14.9 Å². The van der Waals surface area contributed by atoms with Crippen molar-refractivity contribution in [2.45, 2.75) is 26.7 Å². The van der Waals surface area contributed by atoms with Crippen LogP contribution in [0.25, 0.3) is 0 Å². The maximum absolute atomic E-state index is 12.1. The lowest BCUT2D eigenvalue weighted by Crippen LogP contribution is -2.14. The molecule has 1 amide bonds. The molecule has 0 aliphatic heterocycles. The van der Waals surface area contributed by atoms with Gasteiger partial charge in [0.25, 0.3) is 5.69 Å². The Hall–Kier alpha value is -2.80. The number of carbonyl (C=O) groups is 1. The van der Waals surface area contributed by atoms with Gasteiger partial charge in [-0.15, -0.1) is 0 Å². The molecule has 0 aromatic heterocycles. The second-order valence-corrected chi connectivity index (χ2v) is 6.39. The Morgan fingerprint density at radius 3 is 2.44 bits per heavy atom. The van der Waals surface area contributed by atoms with E-state index in [2.05, 4.69) is 5.32 Å². The van der Waals surface area contributed by atoms with Crippen molar-refractivity contribution in [3.05, 3.63) is 56.6 Å². The average Bonchev–Trinajstić information content (AvgIpc) is 2.63. The lowest BCUT2D eigenvalue weighted by molar-refractivity contribution is -0.384. The van der Waals surface area contributed by atoms with Gasteiger partial charge < -0.3 is 14.8 Å². The summed E-state index contributed by atoms with van der Waals surface area (Å²) in [4.78, 5) is 22.6. The van der Waals surface area contributed by atoms with Crippen molar-refractivity contribution in [3.8, 4) is 11.5 Å². The summed E-state index contributed by atoms with van der Waals surface area (Å²) in [7, 11) is 1.42. The van der Waals surface area contributed by atoms with Gasteiger partial charge in [-0.05, 0) is 55.7 Å². The molecule has 0 unspecified atom stereocenters. The highest BCUT2D eigenvalue weighted by atomic mass is 35.5. The van der Waals surface area contributed by atoms with Crippen LogP contribution in [0, 0.1) is 24.0 Å². The van der Waals surface area contributed by atoms with E-state index in [4.69, 9.17) is 21.1 Å². The summed E-state index contributed by atoms with van der Waals surface area (Å²) in [6.07, 6.45) is 0.644. The van der Waals surface area contributed by atoms with E-state index in [1.807, 2.05) is 26.0 Å². The van der Waals surface area contributed by atoms with Crippen LogP contribution in [0.3, 0.4) is 0 Å². The maximum Gasteiger partial charge on any atom is 0.296 e. The third-order valence-corrected chi connectivity index (χ3v) is 4.50. The number of nitro benzene ring substituents is 1. The van der Waals surface area contributed by atoms with Crippen LogP contribution in [-0.2, 0) is 4.79 Å². The zero-order valence-corrected chi connectivity index (χ0v) is 16.1. The summed E-state index contributed by atoms with van der Waals surface area (Å²) in [5, 5.41) is 14.4. The number of nitrogens with zero attached hydrogens (tertiary/aromatic N) is 1. The molecule has 144 valence electrons. The number of anilines is 1. The summed E-state index contributed by atoms with van der Waals surface area (Å²) < 4.78 is 10.6. The fraction of sp³-hybridized carbons (Fsp3) is 0.316. The molecular formula is C19H21ClN2O5. The summed E-state index contributed by atoms with van der Waals surface area (Å²) in [5.41, 5.74) is 1.77. The molecule has 2 rings (SSSR count). The highest BCUT2D eigenvalue weighted by Crippen LogP contribution is 2.29. The number of carbonyl (C=O) groups excluding carboxylic acids is 1. The summed E-state index contributed by atoms with van der Waals surface area (Å²) in [6, 6.07) is 7.96. The first-order chi connectivity index (χ1) is 12.8. The molecule has 0 atom stereocenters. The minimum atomic E-state index is -0.563. The van der Waals surface area contributed by atoms with Gasteiger partial charge in [-0.3, -0.25) is 14.9 Å². The van der Waals surface area contributed by atoms with Crippen LogP contribution in [0.2, 0.25) is 5.02 Å². The van der Waals surface area contributed by atoms with E-state index < -0.39 is 4.92 Å².